The Bertz CT molecular complexity index is 1280. The maximum atomic E-state index is 13.4. The van der Waals surface area contributed by atoms with Crippen molar-refractivity contribution in [3.63, 3.8) is 0 Å². The van der Waals surface area contributed by atoms with Gasteiger partial charge in [-0.3, -0.25) is 9.36 Å². The van der Waals surface area contributed by atoms with E-state index in [9.17, 15) is 4.79 Å². The highest BCUT2D eigenvalue weighted by Gasteiger charge is 2.20. The molecule has 4 aromatic rings. The van der Waals surface area contributed by atoms with Crippen LogP contribution in [-0.2, 0) is 0 Å². The van der Waals surface area contributed by atoms with Gasteiger partial charge in [0.25, 0.3) is 5.56 Å². The van der Waals surface area contributed by atoms with E-state index in [-0.39, 0.29) is 11.5 Å². The SMILES string of the molecule is COc1cc(NC(C)c2nc3cccc(Cl)c3c(=O)n2-c2ccccc2)nc(N)n1. The molecule has 0 saturated carbocycles. The minimum absolute atomic E-state index is 0.0720. The molecule has 9 heteroatoms. The van der Waals surface area contributed by atoms with E-state index in [0.717, 1.165) is 0 Å². The molecule has 0 fully saturated rings. The highest BCUT2D eigenvalue weighted by atomic mass is 35.5. The van der Waals surface area contributed by atoms with Crippen LogP contribution in [0.3, 0.4) is 0 Å². The third kappa shape index (κ3) is 3.65. The molecule has 0 amide bonds. The molecule has 2 aromatic heterocycles. The molecular formula is C21H19ClN6O2. The molecule has 0 saturated heterocycles. The van der Waals surface area contributed by atoms with Crippen LogP contribution in [0.25, 0.3) is 16.6 Å². The first kappa shape index (κ1) is 19.7. The Balaban J connectivity index is 1.89. The van der Waals surface area contributed by atoms with Crippen molar-refractivity contribution in [2.24, 2.45) is 0 Å². The zero-order valence-corrected chi connectivity index (χ0v) is 17.1. The predicted octanol–water partition coefficient (Wildman–Crippen LogP) is 3.59. The molecule has 0 radical (unpaired) electrons. The maximum Gasteiger partial charge on any atom is 0.267 e. The zero-order chi connectivity index (χ0) is 21.3. The molecule has 2 heterocycles. The number of nitrogen functional groups attached to an aromatic ring is 1. The van der Waals surface area contributed by atoms with E-state index in [1.807, 2.05) is 37.3 Å². The fourth-order valence-electron chi connectivity index (χ4n) is 3.23. The molecule has 3 N–H and O–H groups in total. The number of para-hydroxylation sites is 1. The lowest BCUT2D eigenvalue weighted by atomic mass is 10.2. The predicted molar refractivity (Wildman–Crippen MR) is 117 cm³/mol. The first-order valence-corrected chi connectivity index (χ1v) is 9.57. The lowest BCUT2D eigenvalue weighted by Gasteiger charge is -2.20. The lowest BCUT2D eigenvalue weighted by molar-refractivity contribution is 0.398. The zero-order valence-electron chi connectivity index (χ0n) is 16.3. The van der Waals surface area contributed by atoms with Gasteiger partial charge in [0.1, 0.15) is 11.6 Å². The molecule has 30 heavy (non-hydrogen) atoms. The number of aromatic nitrogens is 4. The van der Waals surface area contributed by atoms with Crippen molar-refractivity contribution in [3.8, 4) is 11.6 Å². The fourth-order valence-corrected chi connectivity index (χ4v) is 3.48. The van der Waals surface area contributed by atoms with Gasteiger partial charge in [0.2, 0.25) is 11.8 Å². The summed E-state index contributed by atoms with van der Waals surface area (Å²) in [6, 6.07) is 15.7. The van der Waals surface area contributed by atoms with E-state index >= 15 is 0 Å². The molecule has 8 nitrogen and oxygen atoms in total. The minimum atomic E-state index is -0.403. The normalized spacial score (nSPS) is 12.0. The van der Waals surface area contributed by atoms with Crippen LogP contribution in [0.5, 0.6) is 5.88 Å². The van der Waals surface area contributed by atoms with Crippen molar-refractivity contribution in [1.29, 1.82) is 0 Å². The number of benzene rings is 2. The van der Waals surface area contributed by atoms with Crippen molar-refractivity contribution in [3.05, 3.63) is 75.8 Å². The number of nitrogens with two attached hydrogens (primary N) is 1. The summed E-state index contributed by atoms with van der Waals surface area (Å²) in [5.74, 6) is 1.35. The van der Waals surface area contributed by atoms with Gasteiger partial charge in [0.15, 0.2) is 0 Å². The second kappa shape index (κ2) is 8.00. The van der Waals surface area contributed by atoms with Crippen molar-refractivity contribution < 1.29 is 4.74 Å². The molecule has 0 bridgehead atoms. The number of hydrogen-bond acceptors (Lipinski definition) is 7. The smallest absolute Gasteiger partial charge is 0.267 e. The van der Waals surface area contributed by atoms with Crippen LogP contribution in [0.4, 0.5) is 11.8 Å². The Labute approximate surface area is 177 Å². The quantitative estimate of drug-likeness (QED) is 0.505. The summed E-state index contributed by atoms with van der Waals surface area (Å²) in [5.41, 5.74) is 6.71. The summed E-state index contributed by atoms with van der Waals surface area (Å²) >= 11 is 6.32. The number of halogens is 1. The molecule has 0 aliphatic carbocycles. The van der Waals surface area contributed by atoms with E-state index < -0.39 is 6.04 Å². The number of methoxy groups -OCH3 is 1. The molecule has 0 aliphatic rings. The van der Waals surface area contributed by atoms with Crippen molar-refractivity contribution in [2.75, 3.05) is 18.2 Å². The molecule has 4 rings (SSSR count). The van der Waals surface area contributed by atoms with Crippen LogP contribution >= 0.6 is 11.6 Å². The Morgan fingerprint density at radius 2 is 1.87 bits per heavy atom. The van der Waals surface area contributed by atoms with Crippen LogP contribution in [0, 0.1) is 0 Å². The Kier molecular flexibility index (Phi) is 5.24. The molecule has 152 valence electrons. The fraction of sp³-hybridized carbons (Fsp3) is 0.143. The topological polar surface area (TPSA) is 108 Å². The average Bonchev–Trinajstić information content (AvgIpc) is 2.73. The van der Waals surface area contributed by atoms with Crippen LogP contribution in [-0.4, -0.2) is 26.6 Å². The van der Waals surface area contributed by atoms with Crippen molar-refractivity contribution >= 4 is 34.3 Å². The Hall–Kier alpha value is -3.65. The Morgan fingerprint density at radius 1 is 1.10 bits per heavy atom. The molecule has 1 atom stereocenters. The summed E-state index contributed by atoms with van der Waals surface area (Å²) in [5, 5.41) is 3.95. The highest BCUT2D eigenvalue weighted by Crippen LogP contribution is 2.25. The minimum Gasteiger partial charge on any atom is -0.481 e. The van der Waals surface area contributed by atoms with Crippen LogP contribution < -0.4 is 21.3 Å². The first-order chi connectivity index (χ1) is 14.5. The van der Waals surface area contributed by atoms with Crippen LogP contribution in [0.15, 0.2) is 59.4 Å². The summed E-state index contributed by atoms with van der Waals surface area (Å²) < 4.78 is 6.70. The molecule has 1 unspecified atom stereocenters. The average molecular weight is 423 g/mol. The van der Waals surface area contributed by atoms with Gasteiger partial charge in [0.05, 0.1) is 34.8 Å². The summed E-state index contributed by atoms with van der Waals surface area (Å²) in [4.78, 5) is 26.3. The van der Waals surface area contributed by atoms with E-state index in [1.54, 1.807) is 28.8 Å². The van der Waals surface area contributed by atoms with Gasteiger partial charge in [-0.2, -0.15) is 9.97 Å². The monoisotopic (exact) mass is 422 g/mol. The van der Waals surface area contributed by atoms with Gasteiger partial charge >= 0.3 is 0 Å². The number of fused-ring (bicyclic) bond motifs is 1. The second-order valence-electron chi connectivity index (χ2n) is 6.60. The van der Waals surface area contributed by atoms with E-state index in [1.165, 1.54) is 7.11 Å². The third-order valence-corrected chi connectivity index (χ3v) is 4.88. The standard InChI is InChI=1S/C21H19ClN6O2/c1-12(24-16-11-17(30-2)27-21(23)26-16)19-25-15-10-6-9-14(22)18(15)20(29)28(19)13-7-4-3-5-8-13/h3-12H,1-2H3,(H3,23,24,26,27). The summed E-state index contributed by atoms with van der Waals surface area (Å²) in [7, 11) is 1.50. The molecule has 2 aromatic carbocycles. The largest absolute Gasteiger partial charge is 0.481 e. The van der Waals surface area contributed by atoms with E-state index in [0.29, 0.717) is 39.1 Å². The van der Waals surface area contributed by atoms with Gasteiger partial charge in [-0.05, 0) is 31.2 Å². The summed E-state index contributed by atoms with van der Waals surface area (Å²) in [6.45, 7) is 1.88. The number of nitrogens with zero attached hydrogens (tertiary/aromatic N) is 4. The van der Waals surface area contributed by atoms with Gasteiger partial charge < -0.3 is 15.8 Å². The number of rotatable bonds is 5. The molecule has 0 spiro atoms. The maximum absolute atomic E-state index is 13.4. The van der Waals surface area contributed by atoms with Crippen molar-refractivity contribution in [2.45, 2.75) is 13.0 Å². The highest BCUT2D eigenvalue weighted by molar-refractivity contribution is 6.35. The Morgan fingerprint density at radius 3 is 2.60 bits per heavy atom. The van der Waals surface area contributed by atoms with Gasteiger partial charge in [0, 0.05) is 6.07 Å². The van der Waals surface area contributed by atoms with Gasteiger partial charge in [-0.25, -0.2) is 4.98 Å². The second-order valence-corrected chi connectivity index (χ2v) is 7.01. The lowest BCUT2D eigenvalue weighted by Crippen LogP contribution is -2.27. The van der Waals surface area contributed by atoms with E-state index in [4.69, 9.17) is 27.1 Å². The first-order valence-electron chi connectivity index (χ1n) is 9.19. The molecular weight excluding hydrogens is 404 g/mol. The number of anilines is 2. The van der Waals surface area contributed by atoms with Gasteiger partial charge in [-0.1, -0.05) is 35.9 Å². The number of hydrogen-bond donors (Lipinski definition) is 2. The van der Waals surface area contributed by atoms with Crippen LogP contribution in [0.1, 0.15) is 18.8 Å². The summed E-state index contributed by atoms with van der Waals surface area (Å²) in [6.07, 6.45) is 0. The third-order valence-electron chi connectivity index (χ3n) is 4.57. The molecule has 0 aliphatic heterocycles. The number of ether oxygens (including phenoxy) is 1. The van der Waals surface area contributed by atoms with Crippen molar-refractivity contribution in [1.82, 2.24) is 19.5 Å². The number of nitrogens with one attached hydrogen (secondary N) is 1. The van der Waals surface area contributed by atoms with Gasteiger partial charge in [-0.15, -0.1) is 0 Å². The van der Waals surface area contributed by atoms with Crippen LogP contribution in [0.2, 0.25) is 5.02 Å². The van der Waals surface area contributed by atoms with E-state index in [2.05, 4.69) is 15.3 Å².